The van der Waals surface area contributed by atoms with E-state index in [1.165, 1.54) is 25.1 Å². The van der Waals surface area contributed by atoms with Crippen LogP contribution < -0.4 is 5.32 Å². The fourth-order valence-corrected chi connectivity index (χ4v) is 3.11. The maximum Gasteiger partial charge on any atom is 0.118 e. The molecule has 0 aliphatic carbocycles. The van der Waals surface area contributed by atoms with Crippen LogP contribution in [0.3, 0.4) is 0 Å². The highest BCUT2D eigenvalue weighted by Gasteiger charge is 2.22. The van der Waals surface area contributed by atoms with Crippen molar-refractivity contribution in [1.29, 1.82) is 0 Å². The van der Waals surface area contributed by atoms with Gasteiger partial charge in [0.1, 0.15) is 5.76 Å². The predicted octanol–water partition coefficient (Wildman–Crippen LogP) is 3.65. The van der Waals surface area contributed by atoms with Crippen molar-refractivity contribution < 1.29 is 4.42 Å². The fourth-order valence-electron chi connectivity index (χ4n) is 3.11. The summed E-state index contributed by atoms with van der Waals surface area (Å²) in [5.74, 6) is 2.70. The van der Waals surface area contributed by atoms with Gasteiger partial charge in [-0.2, -0.15) is 0 Å². The van der Waals surface area contributed by atoms with Crippen molar-refractivity contribution in [1.82, 2.24) is 10.2 Å². The number of likely N-dealkylation sites (tertiary alicyclic amines) is 1. The quantitative estimate of drug-likeness (QED) is 0.911. The Hall–Kier alpha value is -0.800. The van der Waals surface area contributed by atoms with Gasteiger partial charge in [0.05, 0.1) is 12.8 Å². The molecule has 0 spiro atoms. The second kappa shape index (κ2) is 6.31. The van der Waals surface area contributed by atoms with Crippen molar-refractivity contribution >= 4 is 0 Å². The lowest BCUT2D eigenvalue weighted by atomic mass is 9.92. The third-order valence-corrected chi connectivity index (χ3v) is 3.85. The Kier molecular flexibility index (Phi) is 4.92. The number of hydrogen-bond acceptors (Lipinski definition) is 3. The summed E-state index contributed by atoms with van der Waals surface area (Å²) in [4.78, 5) is 2.53. The molecular formula is C17H30N2O. The van der Waals surface area contributed by atoms with Crippen LogP contribution in [0.25, 0.3) is 0 Å². The van der Waals surface area contributed by atoms with Crippen LogP contribution in [-0.4, -0.2) is 23.5 Å². The molecule has 2 atom stereocenters. The highest BCUT2D eigenvalue weighted by molar-refractivity contribution is 5.13. The molecule has 1 fully saturated rings. The van der Waals surface area contributed by atoms with Gasteiger partial charge >= 0.3 is 0 Å². The van der Waals surface area contributed by atoms with E-state index in [0.717, 1.165) is 30.7 Å². The lowest BCUT2D eigenvalue weighted by Gasteiger charge is -2.34. The first kappa shape index (κ1) is 15.6. The zero-order valence-electron chi connectivity index (χ0n) is 13.7. The molecule has 1 N–H and O–H groups in total. The van der Waals surface area contributed by atoms with Crippen molar-refractivity contribution in [3.63, 3.8) is 0 Å². The van der Waals surface area contributed by atoms with Crippen LogP contribution in [0.4, 0.5) is 0 Å². The summed E-state index contributed by atoms with van der Waals surface area (Å²) in [6, 6.07) is 2.20. The second-order valence-corrected chi connectivity index (χ2v) is 7.66. The monoisotopic (exact) mass is 278 g/mol. The topological polar surface area (TPSA) is 28.4 Å². The highest BCUT2D eigenvalue weighted by atomic mass is 16.3. The number of furan rings is 1. The molecule has 1 aromatic rings. The molecule has 0 aromatic carbocycles. The van der Waals surface area contributed by atoms with Crippen LogP contribution >= 0.6 is 0 Å². The minimum Gasteiger partial charge on any atom is -0.468 e. The summed E-state index contributed by atoms with van der Waals surface area (Å²) >= 11 is 0. The number of rotatable bonds is 4. The van der Waals surface area contributed by atoms with Gasteiger partial charge in [-0.25, -0.2) is 0 Å². The van der Waals surface area contributed by atoms with Gasteiger partial charge in [0.15, 0.2) is 0 Å². The van der Waals surface area contributed by atoms with Gasteiger partial charge in [-0.1, -0.05) is 13.8 Å². The van der Waals surface area contributed by atoms with E-state index in [1.54, 1.807) is 0 Å². The van der Waals surface area contributed by atoms with E-state index in [1.807, 2.05) is 6.26 Å². The molecule has 1 aliphatic rings. The van der Waals surface area contributed by atoms with Crippen LogP contribution in [0, 0.1) is 11.8 Å². The molecule has 1 aliphatic heterocycles. The van der Waals surface area contributed by atoms with E-state index in [2.05, 4.69) is 50.9 Å². The van der Waals surface area contributed by atoms with E-state index < -0.39 is 0 Å². The Morgan fingerprint density at radius 2 is 1.90 bits per heavy atom. The molecule has 20 heavy (non-hydrogen) atoms. The largest absolute Gasteiger partial charge is 0.468 e. The molecule has 0 radical (unpaired) electrons. The molecule has 0 amide bonds. The predicted molar refractivity (Wildman–Crippen MR) is 83.5 cm³/mol. The highest BCUT2D eigenvalue weighted by Crippen LogP contribution is 2.23. The van der Waals surface area contributed by atoms with Crippen LogP contribution in [-0.2, 0) is 13.1 Å². The smallest absolute Gasteiger partial charge is 0.118 e. The summed E-state index contributed by atoms with van der Waals surface area (Å²) in [7, 11) is 0. The second-order valence-electron chi connectivity index (χ2n) is 7.66. The molecule has 3 nitrogen and oxygen atoms in total. The third-order valence-electron chi connectivity index (χ3n) is 3.85. The molecule has 2 heterocycles. The molecule has 1 saturated heterocycles. The van der Waals surface area contributed by atoms with E-state index in [-0.39, 0.29) is 5.54 Å². The first-order valence-electron chi connectivity index (χ1n) is 7.85. The zero-order valence-corrected chi connectivity index (χ0v) is 13.7. The molecule has 3 heteroatoms. The van der Waals surface area contributed by atoms with Gasteiger partial charge in [-0.05, 0) is 45.1 Å². The lowest BCUT2D eigenvalue weighted by Crippen LogP contribution is -2.38. The van der Waals surface area contributed by atoms with Crippen LogP contribution in [0.1, 0.15) is 52.4 Å². The Bertz CT molecular complexity index is 409. The van der Waals surface area contributed by atoms with Crippen LogP contribution in [0.15, 0.2) is 16.7 Å². The van der Waals surface area contributed by atoms with E-state index in [9.17, 15) is 0 Å². The summed E-state index contributed by atoms with van der Waals surface area (Å²) in [6.45, 7) is 15.5. The minimum atomic E-state index is 0.148. The van der Waals surface area contributed by atoms with Gasteiger partial charge < -0.3 is 9.73 Å². The van der Waals surface area contributed by atoms with Crippen molar-refractivity contribution in [2.24, 2.45) is 11.8 Å². The summed E-state index contributed by atoms with van der Waals surface area (Å²) in [6.07, 6.45) is 3.25. The van der Waals surface area contributed by atoms with Crippen LogP contribution in [0.5, 0.6) is 0 Å². The van der Waals surface area contributed by atoms with Gasteiger partial charge in [0.25, 0.3) is 0 Å². The first-order valence-corrected chi connectivity index (χ1v) is 7.85. The summed E-state index contributed by atoms with van der Waals surface area (Å²) in [5, 5.41) is 3.50. The van der Waals surface area contributed by atoms with Crippen LogP contribution in [0.2, 0.25) is 0 Å². The number of hydrogen-bond donors (Lipinski definition) is 1. The standard InChI is InChI=1S/C17H30N2O/c1-13-6-14(2)10-19(9-13)11-16-7-15(12-20-16)8-18-17(3,4)5/h7,12-14,18H,6,8-11H2,1-5H3. The van der Waals surface area contributed by atoms with Gasteiger partial charge in [-0.15, -0.1) is 0 Å². The van der Waals surface area contributed by atoms with Crippen molar-refractivity contribution in [2.75, 3.05) is 13.1 Å². The number of piperidine rings is 1. The molecule has 2 unspecified atom stereocenters. The number of nitrogens with one attached hydrogen (secondary N) is 1. The van der Waals surface area contributed by atoms with Crippen molar-refractivity contribution in [2.45, 2.75) is 59.7 Å². The average molecular weight is 278 g/mol. The SMILES string of the molecule is CC1CC(C)CN(Cc2cc(CNC(C)(C)C)co2)C1. The van der Waals surface area contributed by atoms with Crippen molar-refractivity contribution in [3.05, 3.63) is 23.7 Å². The minimum absolute atomic E-state index is 0.148. The van der Waals surface area contributed by atoms with E-state index in [0.29, 0.717) is 0 Å². The summed E-state index contributed by atoms with van der Waals surface area (Å²) in [5.41, 5.74) is 1.39. The van der Waals surface area contributed by atoms with E-state index >= 15 is 0 Å². The summed E-state index contributed by atoms with van der Waals surface area (Å²) < 4.78 is 5.72. The molecule has 114 valence electrons. The zero-order chi connectivity index (χ0) is 14.8. The maximum atomic E-state index is 5.72. The van der Waals surface area contributed by atoms with Gasteiger partial charge in [-0.3, -0.25) is 4.90 Å². The number of nitrogens with zero attached hydrogens (tertiary/aromatic N) is 1. The molecule has 0 saturated carbocycles. The fraction of sp³-hybridized carbons (Fsp3) is 0.765. The Balaban J connectivity index is 1.86. The van der Waals surface area contributed by atoms with Crippen molar-refractivity contribution in [3.8, 4) is 0 Å². The Morgan fingerprint density at radius 1 is 1.25 bits per heavy atom. The molecule has 1 aromatic heterocycles. The van der Waals surface area contributed by atoms with Gasteiger partial charge in [0, 0.05) is 30.7 Å². The van der Waals surface area contributed by atoms with Gasteiger partial charge in [0.2, 0.25) is 0 Å². The first-order chi connectivity index (χ1) is 9.32. The third kappa shape index (κ3) is 4.95. The lowest BCUT2D eigenvalue weighted by molar-refractivity contribution is 0.126. The van der Waals surface area contributed by atoms with E-state index in [4.69, 9.17) is 4.42 Å². The average Bonchev–Trinajstić information content (AvgIpc) is 2.72. The molecule has 2 rings (SSSR count). The molecular weight excluding hydrogens is 248 g/mol. The normalized spacial score (nSPS) is 25.1. The maximum absolute atomic E-state index is 5.72. The Labute approximate surface area is 123 Å². The molecule has 0 bridgehead atoms. The Morgan fingerprint density at radius 3 is 2.50 bits per heavy atom.